The molecule has 10 nitrogen and oxygen atoms in total. The number of aliphatic hydroxyl groups is 1. The molecule has 17 heteroatoms. The van der Waals surface area contributed by atoms with Gasteiger partial charge in [0.1, 0.15) is 22.7 Å². The number of amides is 2. The number of allylic oxidation sites excluding steroid dienone is 1. The second-order valence-corrected chi connectivity index (χ2v) is 12.7. The van der Waals surface area contributed by atoms with Gasteiger partial charge in [-0.15, -0.1) is 6.58 Å². The van der Waals surface area contributed by atoms with Gasteiger partial charge >= 0.3 is 6.18 Å². The highest BCUT2D eigenvalue weighted by atomic mass is 32.1. The predicted octanol–water partition coefficient (Wildman–Crippen LogP) is 8.49. The van der Waals surface area contributed by atoms with Gasteiger partial charge in [-0.25, -0.2) is 13.8 Å². The Balaban J connectivity index is 0.000000887. The van der Waals surface area contributed by atoms with E-state index in [4.69, 9.17) is 22.7 Å². The minimum absolute atomic E-state index is 0.0691. The third-order valence-electron chi connectivity index (χ3n) is 8.25. The van der Waals surface area contributed by atoms with Crippen molar-refractivity contribution in [2.45, 2.75) is 91.0 Å². The van der Waals surface area contributed by atoms with E-state index in [-0.39, 0.29) is 29.5 Å². The van der Waals surface area contributed by atoms with Gasteiger partial charge in [0.25, 0.3) is 5.91 Å². The SMILES string of the molecule is C=CCC#N.CC.CC1(C)C(=O)N(c2ccc(C#N)c(C(F)(F)F)c2F)C(=S)N1c1ccc(CCCC(=O)N2CCC(O)CC2)c(F)c1.CF.Cc1ncc[nH]1. The highest BCUT2D eigenvalue weighted by Gasteiger charge is 2.52. The number of hydrogen-bond acceptors (Lipinski definition) is 7. The van der Waals surface area contributed by atoms with Crippen LogP contribution in [0.2, 0.25) is 0 Å². The maximum atomic E-state index is 15.2. The number of aromatic amines is 1. The second kappa shape index (κ2) is 23.0. The minimum Gasteiger partial charge on any atom is -0.393 e. The lowest BCUT2D eigenvalue weighted by molar-refractivity contribution is -0.140. The van der Waals surface area contributed by atoms with Gasteiger partial charge in [-0.3, -0.25) is 18.9 Å². The van der Waals surface area contributed by atoms with E-state index in [9.17, 15) is 32.3 Å². The molecule has 0 aliphatic carbocycles. The quantitative estimate of drug-likeness (QED) is 0.138. The molecule has 2 aliphatic rings. The molecule has 0 saturated carbocycles. The number of aryl methyl sites for hydroxylation is 2. The third kappa shape index (κ3) is 12.6. The van der Waals surface area contributed by atoms with Gasteiger partial charge in [-0.2, -0.15) is 23.7 Å². The number of carbonyl (C=O) groups is 2. The highest BCUT2D eigenvalue weighted by molar-refractivity contribution is 7.81. The third-order valence-corrected chi connectivity index (χ3v) is 8.62. The number of nitriles is 2. The van der Waals surface area contributed by atoms with E-state index >= 15 is 8.78 Å². The summed E-state index contributed by atoms with van der Waals surface area (Å²) in [5.41, 5.74) is -4.59. The molecule has 3 aromatic rings. The number of H-pyrrole nitrogens is 1. The first-order valence-corrected chi connectivity index (χ1v) is 17.9. The molecule has 2 aromatic carbocycles. The number of rotatable bonds is 7. The van der Waals surface area contributed by atoms with E-state index in [1.165, 1.54) is 36.9 Å². The van der Waals surface area contributed by atoms with Crippen molar-refractivity contribution in [1.82, 2.24) is 14.9 Å². The summed E-state index contributed by atoms with van der Waals surface area (Å²) in [4.78, 5) is 36.0. The first kappa shape index (κ1) is 48.8. The molecule has 2 N–H and O–H groups in total. The van der Waals surface area contributed by atoms with E-state index in [0.717, 1.165) is 24.0 Å². The summed E-state index contributed by atoms with van der Waals surface area (Å²) in [6.45, 7) is 13.0. The average molecular weight is 808 g/mol. The Labute approximate surface area is 329 Å². The smallest absolute Gasteiger partial charge is 0.393 e. The Bertz CT molecular complexity index is 1850. The number of imidazole rings is 1. The Hall–Kier alpha value is -5.26. The molecule has 0 bridgehead atoms. The molecule has 0 radical (unpaired) electrons. The summed E-state index contributed by atoms with van der Waals surface area (Å²) < 4.78 is 80.5. The standard InChI is InChI=1S/C28H27F5N4O3S.C4H6N2.C4H5N.C2H6.CH3F/c1-27(2)25(40)36(21-9-7-17(15-34)23(24(21)30)28(31,32)33)26(41)37(27)18-8-6-16(20(29)14-18)4-3-5-22(39)35-12-10-19(38)11-13-35;1-4-5-2-3-6-4;1-2-3-4-5;2*1-2/h6-9,14,19,38H,3-5,10-13H2,1-2H3;2-3H,1H3,(H,5,6);2H,1,3H2;1-2H3;1H3. The van der Waals surface area contributed by atoms with Gasteiger partial charge in [-0.05, 0) is 88.5 Å². The van der Waals surface area contributed by atoms with Gasteiger partial charge < -0.3 is 19.9 Å². The predicted molar refractivity (Wildman–Crippen MR) is 206 cm³/mol. The summed E-state index contributed by atoms with van der Waals surface area (Å²) in [6.07, 6.45) is 1.85. The van der Waals surface area contributed by atoms with E-state index in [2.05, 4.69) is 16.5 Å². The number of piperidine rings is 1. The number of halogens is 6. The van der Waals surface area contributed by atoms with Crippen LogP contribution in [-0.4, -0.2) is 68.8 Å². The number of nitrogens with one attached hydrogen (secondary N) is 1. The normalized spacial score (nSPS) is 14.7. The highest BCUT2D eigenvalue weighted by Crippen LogP contribution is 2.42. The molecule has 0 spiro atoms. The number of alkyl halides is 4. The molecule has 0 unspecified atom stereocenters. The number of likely N-dealkylation sites (tertiary alicyclic amines) is 1. The Kier molecular flexibility index (Phi) is 20.0. The Morgan fingerprint density at radius 1 is 1.14 bits per heavy atom. The summed E-state index contributed by atoms with van der Waals surface area (Å²) in [7, 11) is 0.500. The van der Waals surface area contributed by atoms with Crippen molar-refractivity contribution in [2.75, 3.05) is 30.1 Å². The molecule has 56 heavy (non-hydrogen) atoms. The zero-order valence-corrected chi connectivity index (χ0v) is 33.0. The number of aliphatic hydroxyl groups excluding tert-OH is 1. The maximum Gasteiger partial charge on any atom is 0.420 e. The second-order valence-electron chi connectivity index (χ2n) is 12.3. The number of anilines is 2. The van der Waals surface area contributed by atoms with Crippen molar-refractivity contribution in [2.24, 2.45) is 0 Å². The molecule has 3 heterocycles. The number of benzene rings is 2. The molecular weight excluding hydrogens is 761 g/mol. The molecule has 2 aliphatic heterocycles. The van der Waals surface area contributed by atoms with Crippen LogP contribution in [0.3, 0.4) is 0 Å². The first-order valence-electron chi connectivity index (χ1n) is 17.5. The van der Waals surface area contributed by atoms with Crippen molar-refractivity contribution in [1.29, 1.82) is 10.5 Å². The molecule has 2 fully saturated rings. The van der Waals surface area contributed by atoms with Crippen molar-refractivity contribution < 1.29 is 41.0 Å². The van der Waals surface area contributed by atoms with Crippen LogP contribution in [0.25, 0.3) is 0 Å². The van der Waals surface area contributed by atoms with Crippen LogP contribution in [0.15, 0.2) is 55.4 Å². The van der Waals surface area contributed by atoms with Gasteiger partial charge in [0.2, 0.25) is 5.91 Å². The molecular formula is C39H47F6N7O3S. The topological polar surface area (TPSA) is 140 Å². The molecule has 2 saturated heterocycles. The van der Waals surface area contributed by atoms with Gasteiger partial charge in [0.15, 0.2) is 10.9 Å². The number of nitrogens with zero attached hydrogens (tertiary/aromatic N) is 6. The van der Waals surface area contributed by atoms with E-state index in [1.807, 2.05) is 26.8 Å². The lowest BCUT2D eigenvalue weighted by Crippen LogP contribution is -2.44. The fourth-order valence-electron chi connectivity index (χ4n) is 5.54. The molecule has 5 rings (SSSR count). The summed E-state index contributed by atoms with van der Waals surface area (Å²) in [5.74, 6) is -2.39. The number of aromatic nitrogens is 2. The minimum atomic E-state index is -5.20. The monoisotopic (exact) mass is 807 g/mol. The molecule has 304 valence electrons. The van der Waals surface area contributed by atoms with Crippen LogP contribution in [0.4, 0.5) is 37.7 Å². The number of carbonyl (C=O) groups excluding carboxylic acids is 2. The van der Waals surface area contributed by atoms with Gasteiger partial charge in [0.05, 0.1) is 43.1 Å². The van der Waals surface area contributed by atoms with E-state index < -0.39 is 52.2 Å². The van der Waals surface area contributed by atoms with Crippen LogP contribution >= 0.6 is 12.2 Å². The summed E-state index contributed by atoms with van der Waals surface area (Å²) in [6, 6.07) is 8.95. The molecule has 2 amide bonds. The number of hydrogen-bond donors (Lipinski definition) is 2. The van der Waals surface area contributed by atoms with Crippen LogP contribution < -0.4 is 9.80 Å². The Morgan fingerprint density at radius 3 is 2.21 bits per heavy atom. The fraction of sp³-hybridized carbons (Fsp3) is 0.436. The summed E-state index contributed by atoms with van der Waals surface area (Å²) in [5, 5.41) is 26.0. The van der Waals surface area contributed by atoms with Crippen LogP contribution in [0, 0.1) is 41.2 Å². The maximum absolute atomic E-state index is 15.2. The van der Waals surface area contributed by atoms with Gasteiger partial charge in [-0.1, -0.05) is 26.0 Å². The summed E-state index contributed by atoms with van der Waals surface area (Å²) >= 11 is 5.39. The number of thiocarbonyl (C=S) groups is 1. The van der Waals surface area contributed by atoms with Gasteiger partial charge in [0, 0.05) is 37.6 Å². The van der Waals surface area contributed by atoms with Crippen molar-refractivity contribution in [3.05, 3.63) is 89.5 Å². The largest absolute Gasteiger partial charge is 0.420 e. The van der Waals surface area contributed by atoms with E-state index in [0.29, 0.717) is 56.4 Å². The zero-order chi connectivity index (χ0) is 42.8. The van der Waals surface area contributed by atoms with Crippen molar-refractivity contribution >= 4 is 40.5 Å². The first-order chi connectivity index (χ1) is 26.5. The average Bonchev–Trinajstić information content (AvgIpc) is 3.71. The molecule has 0 atom stereocenters. The van der Waals surface area contributed by atoms with Crippen LogP contribution in [0.1, 0.15) is 82.3 Å². The fourth-order valence-corrected chi connectivity index (χ4v) is 6.05. The van der Waals surface area contributed by atoms with Crippen LogP contribution in [-0.2, 0) is 22.2 Å². The van der Waals surface area contributed by atoms with Crippen molar-refractivity contribution in [3.63, 3.8) is 0 Å². The molecule has 1 aromatic heterocycles. The Morgan fingerprint density at radius 2 is 1.77 bits per heavy atom. The van der Waals surface area contributed by atoms with Crippen molar-refractivity contribution in [3.8, 4) is 12.1 Å². The van der Waals surface area contributed by atoms with Crippen LogP contribution in [0.5, 0.6) is 0 Å². The van der Waals surface area contributed by atoms with E-state index in [1.54, 1.807) is 23.4 Å². The zero-order valence-electron chi connectivity index (χ0n) is 32.2. The lowest BCUT2D eigenvalue weighted by atomic mass is 10.0. The lowest BCUT2D eigenvalue weighted by Gasteiger charge is -2.30.